The van der Waals surface area contributed by atoms with Crippen molar-refractivity contribution in [1.29, 1.82) is 0 Å². The molecule has 3 nitrogen and oxygen atoms in total. The fraction of sp³-hybridized carbons (Fsp3) is 0.889. The van der Waals surface area contributed by atoms with Crippen LogP contribution in [0, 0.1) is 0 Å². The van der Waals surface area contributed by atoms with Crippen LogP contribution in [0.15, 0.2) is 0 Å². The second-order valence-electron chi connectivity index (χ2n) is 3.25. The minimum atomic E-state index is 0.185. The van der Waals surface area contributed by atoms with Gasteiger partial charge in [0, 0.05) is 19.5 Å². The summed E-state index contributed by atoms with van der Waals surface area (Å²) in [6.45, 7) is 6.00. The number of rotatable bonds is 4. The van der Waals surface area contributed by atoms with Crippen molar-refractivity contribution in [3.05, 3.63) is 0 Å². The van der Waals surface area contributed by atoms with Gasteiger partial charge in [0.25, 0.3) is 0 Å². The third kappa shape index (κ3) is 3.22. The third-order valence-corrected chi connectivity index (χ3v) is 2.23. The van der Waals surface area contributed by atoms with Gasteiger partial charge in [-0.2, -0.15) is 0 Å². The van der Waals surface area contributed by atoms with E-state index in [9.17, 15) is 4.79 Å². The van der Waals surface area contributed by atoms with E-state index in [1.54, 1.807) is 0 Å². The molecule has 0 spiro atoms. The Morgan fingerprint density at radius 1 is 1.42 bits per heavy atom. The van der Waals surface area contributed by atoms with E-state index in [1.807, 2.05) is 6.92 Å². The fourth-order valence-corrected chi connectivity index (χ4v) is 1.55. The largest absolute Gasteiger partial charge is 0.356 e. The van der Waals surface area contributed by atoms with Crippen molar-refractivity contribution >= 4 is 5.91 Å². The van der Waals surface area contributed by atoms with Crippen LogP contribution in [-0.2, 0) is 4.79 Å². The van der Waals surface area contributed by atoms with E-state index in [2.05, 4.69) is 10.2 Å². The summed E-state index contributed by atoms with van der Waals surface area (Å²) in [6, 6.07) is 0. The molecule has 0 aromatic carbocycles. The van der Waals surface area contributed by atoms with Crippen molar-refractivity contribution in [2.75, 3.05) is 26.2 Å². The van der Waals surface area contributed by atoms with Gasteiger partial charge in [0.1, 0.15) is 0 Å². The lowest BCUT2D eigenvalue weighted by molar-refractivity contribution is -0.121. The summed E-state index contributed by atoms with van der Waals surface area (Å²) in [5.41, 5.74) is 0. The second-order valence-corrected chi connectivity index (χ2v) is 3.25. The van der Waals surface area contributed by atoms with Crippen LogP contribution < -0.4 is 5.32 Å². The van der Waals surface area contributed by atoms with Crippen LogP contribution in [0.3, 0.4) is 0 Å². The lowest BCUT2D eigenvalue weighted by atomic mass is 10.3. The average Bonchev–Trinajstić information content (AvgIpc) is 2.53. The summed E-state index contributed by atoms with van der Waals surface area (Å²) in [7, 11) is 0. The minimum absolute atomic E-state index is 0.185. The molecule has 1 heterocycles. The quantitative estimate of drug-likeness (QED) is 0.670. The third-order valence-electron chi connectivity index (χ3n) is 2.23. The van der Waals surface area contributed by atoms with Crippen LogP contribution in [0.2, 0.25) is 0 Å². The smallest absolute Gasteiger partial charge is 0.221 e. The van der Waals surface area contributed by atoms with Gasteiger partial charge in [-0.25, -0.2) is 0 Å². The van der Waals surface area contributed by atoms with Crippen molar-refractivity contribution in [3.8, 4) is 0 Å². The first-order valence-electron chi connectivity index (χ1n) is 4.82. The van der Waals surface area contributed by atoms with E-state index in [-0.39, 0.29) is 5.91 Å². The molecule has 0 aliphatic carbocycles. The summed E-state index contributed by atoms with van der Waals surface area (Å²) in [5, 5.41) is 2.80. The lowest BCUT2D eigenvalue weighted by Crippen LogP contribution is -2.29. The Morgan fingerprint density at radius 3 is 2.67 bits per heavy atom. The Balaban J connectivity index is 2.03. The van der Waals surface area contributed by atoms with E-state index in [1.165, 1.54) is 25.9 Å². The highest BCUT2D eigenvalue weighted by Gasteiger charge is 2.11. The van der Waals surface area contributed by atoms with Gasteiger partial charge < -0.3 is 10.2 Å². The molecule has 1 aliphatic heterocycles. The van der Waals surface area contributed by atoms with Crippen LogP contribution in [0.4, 0.5) is 0 Å². The Hall–Kier alpha value is -0.570. The van der Waals surface area contributed by atoms with Crippen molar-refractivity contribution in [2.45, 2.75) is 26.2 Å². The minimum Gasteiger partial charge on any atom is -0.356 e. The van der Waals surface area contributed by atoms with Crippen LogP contribution in [0.5, 0.6) is 0 Å². The van der Waals surface area contributed by atoms with Gasteiger partial charge in [0.15, 0.2) is 0 Å². The molecule has 0 radical (unpaired) electrons. The highest BCUT2D eigenvalue weighted by molar-refractivity contribution is 5.75. The fourth-order valence-electron chi connectivity index (χ4n) is 1.55. The topological polar surface area (TPSA) is 32.3 Å². The Labute approximate surface area is 74.1 Å². The molecule has 1 saturated heterocycles. The molecular weight excluding hydrogens is 152 g/mol. The Morgan fingerprint density at radius 2 is 2.08 bits per heavy atom. The van der Waals surface area contributed by atoms with Crippen molar-refractivity contribution in [1.82, 2.24) is 10.2 Å². The van der Waals surface area contributed by atoms with Crippen LogP contribution >= 0.6 is 0 Å². The normalized spacial score (nSPS) is 18.1. The molecule has 1 amide bonds. The first kappa shape index (κ1) is 9.52. The molecule has 1 fully saturated rings. The van der Waals surface area contributed by atoms with E-state index in [4.69, 9.17) is 0 Å². The number of nitrogens with one attached hydrogen (secondary N) is 1. The average molecular weight is 170 g/mol. The Bertz CT molecular complexity index is 141. The number of hydrogen-bond donors (Lipinski definition) is 1. The first-order chi connectivity index (χ1) is 5.83. The summed E-state index contributed by atoms with van der Waals surface area (Å²) >= 11 is 0. The zero-order chi connectivity index (χ0) is 8.81. The molecule has 0 saturated carbocycles. The molecule has 1 N–H and O–H groups in total. The molecule has 0 aromatic heterocycles. The van der Waals surface area contributed by atoms with Gasteiger partial charge in [-0.15, -0.1) is 0 Å². The van der Waals surface area contributed by atoms with Crippen LogP contribution in [0.1, 0.15) is 26.2 Å². The molecule has 0 unspecified atom stereocenters. The van der Waals surface area contributed by atoms with E-state index >= 15 is 0 Å². The maximum absolute atomic E-state index is 11.1. The van der Waals surface area contributed by atoms with E-state index in [0.717, 1.165) is 13.1 Å². The van der Waals surface area contributed by atoms with Gasteiger partial charge >= 0.3 is 0 Å². The van der Waals surface area contributed by atoms with E-state index in [0.29, 0.717) is 6.42 Å². The second kappa shape index (κ2) is 5.14. The predicted molar refractivity (Wildman–Crippen MR) is 49.0 cm³/mol. The maximum Gasteiger partial charge on any atom is 0.221 e. The van der Waals surface area contributed by atoms with Crippen LogP contribution in [-0.4, -0.2) is 37.0 Å². The molecule has 70 valence electrons. The molecule has 0 aromatic rings. The number of carbonyl (C=O) groups excluding carboxylic acids is 1. The summed E-state index contributed by atoms with van der Waals surface area (Å²) in [5.74, 6) is 0.185. The number of amides is 1. The number of hydrogen-bond acceptors (Lipinski definition) is 2. The van der Waals surface area contributed by atoms with Crippen LogP contribution in [0.25, 0.3) is 0 Å². The van der Waals surface area contributed by atoms with Gasteiger partial charge in [-0.1, -0.05) is 0 Å². The van der Waals surface area contributed by atoms with Crippen molar-refractivity contribution in [2.24, 2.45) is 0 Å². The maximum atomic E-state index is 11.1. The molecule has 3 heteroatoms. The molecular formula is C9H18N2O. The summed E-state index contributed by atoms with van der Waals surface area (Å²) in [6.07, 6.45) is 3.26. The number of carbonyl (C=O) groups is 1. The standard InChI is InChI=1S/C9H18N2O/c1-2-10-9(12)5-8-11-6-3-4-7-11/h2-8H2,1H3,(H,10,12). The predicted octanol–water partition coefficient (Wildman–Crippen LogP) is 0.608. The highest BCUT2D eigenvalue weighted by atomic mass is 16.1. The zero-order valence-corrected chi connectivity index (χ0v) is 7.81. The summed E-state index contributed by atoms with van der Waals surface area (Å²) in [4.78, 5) is 13.4. The van der Waals surface area contributed by atoms with Gasteiger partial charge in [-0.3, -0.25) is 4.79 Å². The molecule has 1 rings (SSSR count). The molecule has 0 atom stereocenters. The first-order valence-corrected chi connectivity index (χ1v) is 4.82. The molecule has 12 heavy (non-hydrogen) atoms. The highest BCUT2D eigenvalue weighted by Crippen LogP contribution is 2.06. The lowest BCUT2D eigenvalue weighted by Gasteiger charge is -2.13. The van der Waals surface area contributed by atoms with Crippen molar-refractivity contribution < 1.29 is 4.79 Å². The number of nitrogens with zero attached hydrogens (tertiary/aromatic N) is 1. The Kier molecular flexibility index (Phi) is 4.08. The van der Waals surface area contributed by atoms with Gasteiger partial charge in [-0.05, 0) is 32.9 Å². The zero-order valence-electron chi connectivity index (χ0n) is 7.81. The van der Waals surface area contributed by atoms with Crippen molar-refractivity contribution in [3.63, 3.8) is 0 Å². The summed E-state index contributed by atoms with van der Waals surface area (Å²) < 4.78 is 0. The van der Waals surface area contributed by atoms with E-state index < -0.39 is 0 Å². The van der Waals surface area contributed by atoms with Gasteiger partial charge in [0.05, 0.1) is 0 Å². The monoisotopic (exact) mass is 170 g/mol. The SMILES string of the molecule is CCNC(=O)CCN1CCCC1. The molecule has 0 bridgehead atoms. The molecule has 1 aliphatic rings. The number of likely N-dealkylation sites (tertiary alicyclic amines) is 1. The van der Waals surface area contributed by atoms with Gasteiger partial charge in [0.2, 0.25) is 5.91 Å².